The van der Waals surface area contributed by atoms with Crippen molar-refractivity contribution in [2.24, 2.45) is 0 Å². The lowest BCUT2D eigenvalue weighted by Crippen LogP contribution is -2.34. The van der Waals surface area contributed by atoms with Crippen molar-refractivity contribution in [2.75, 3.05) is 25.6 Å². The van der Waals surface area contributed by atoms with E-state index in [1.54, 1.807) is 24.5 Å². The molecule has 0 spiro atoms. The zero-order chi connectivity index (χ0) is 26.8. The highest BCUT2D eigenvalue weighted by molar-refractivity contribution is 6.07. The minimum Gasteiger partial charge on any atom is -0.492 e. The van der Waals surface area contributed by atoms with E-state index in [1.165, 1.54) is 13.2 Å². The van der Waals surface area contributed by atoms with Crippen molar-refractivity contribution in [3.63, 3.8) is 0 Å². The Bertz CT molecular complexity index is 1550. The van der Waals surface area contributed by atoms with Gasteiger partial charge >= 0.3 is 0 Å². The van der Waals surface area contributed by atoms with Crippen LogP contribution in [0.2, 0.25) is 0 Å². The number of carbonyl (C=O) groups excluding carboxylic acids is 1. The van der Waals surface area contributed by atoms with Gasteiger partial charge in [-0.3, -0.25) is 9.78 Å². The van der Waals surface area contributed by atoms with E-state index in [2.05, 4.69) is 26.7 Å². The lowest BCUT2D eigenvalue weighted by molar-refractivity contribution is 0.0941. The maximum Gasteiger partial charge on any atom is 0.255 e. The van der Waals surface area contributed by atoms with Crippen molar-refractivity contribution in [1.29, 1.82) is 0 Å². The second-order valence-electron chi connectivity index (χ2n) is 9.34. The molecular weight excluding hydrogens is 499 g/mol. The first-order valence-corrected chi connectivity index (χ1v) is 12.7. The number of carbonyl (C=O) groups is 1. The molecule has 4 bridgehead atoms. The number of anilines is 2. The molecule has 3 aliphatic rings. The van der Waals surface area contributed by atoms with Crippen molar-refractivity contribution in [1.82, 2.24) is 15.3 Å². The van der Waals surface area contributed by atoms with Gasteiger partial charge in [-0.05, 0) is 42.3 Å². The van der Waals surface area contributed by atoms with Gasteiger partial charge in [0.25, 0.3) is 5.91 Å². The fourth-order valence-corrected chi connectivity index (χ4v) is 4.96. The van der Waals surface area contributed by atoms with Gasteiger partial charge in [-0.15, -0.1) is 0 Å². The molecule has 4 aromatic rings. The summed E-state index contributed by atoms with van der Waals surface area (Å²) in [6, 6.07) is 14.2. The van der Waals surface area contributed by atoms with Crippen LogP contribution in [-0.4, -0.2) is 36.1 Å². The van der Waals surface area contributed by atoms with Gasteiger partial charge in [-0.25, -0.2) is 4.39 Å². The van der Waals surface area contributed by atoms with Gasteiger partial charge < -0.3 is 29.8 Å². The standard InChI is InChI=1S/C30H27FN4O4/c1-37-29-22(31)6-4-7-23(29)34-28-25-26-19(15-33-30(25)36)5-2-3-14-38-20-10-8-18(9-11-20)17-39-24-16-32-13-12-21(24)27(28)35-26/h2-4,6-13,16,19,34-35H,5,14-15,17H2,1H3,(H,33,36)/b3-2+. The number of aromatic nitrogens is 2. The fraction of sp³-hybridized carbons (Fsp3) is 0.200. The van der Waals surface area contributed by atoms with Crippen LogP contribution >= 0.6 is 0 Å². The van der Waals surface area contributed by atoms with E-state index >= 15 is 0 Å². The first-order chi connectivity index (χ1) is 19.1. The van der Waals surface area contributed by atoms with Crippen molar-refractivity contribution < 1.29 is 23.4 Å². The third-order valence-electron chi connectivity index (χ3n) is 6.91. The molecule has 1 atom stereocenters. The van der Waals surface area contributed by atoms with Crippen LogP contribution in [0, 0.1) is 5.82 Å². The molecule has 198 valence electrons. The average molecular weight is 527 g/mol. The van der Waals surface area contributed by atoms with Gasteiger partial charge in [-0.2, -0.15) is 0 Å². The van der Waals surface area contributed by atoms with E-state index in [9.17, 15) is 9.18 Å². The van der Waals surface area contributed by atoms with E-state index in [0.29, 0.717) is 60.1 Å². The Labute approximate surface area is 224 Å². The fourth-order valence-electron chi connectivity index (χ4n) is 4.96. The van der Waals surface area contributed by atoms with Gasteiger partial charge in [0.15, 0.2) is 11.6 Å². The number of nitrogens with zero attached hydrogens (tertiary/aromatic N) is 1. The van der Waals surface area contributed by atoms with Gasteiger partial charge in [0.2, 0.25) is 0 Å². The Morgan fingerprint density at radius 1 is 1.10 bits per heavy atom. The Morgan fingerprint density at radius 2 is 1.97 bits per heavy atom. The number of hydrogen-bond acceptors (Lipinski definition) is 6. The molecule has 2 aromatic heterocycles. The van der Waals surface area contributed by atoms with Gasteiger partial charge in [0.05, 0.1) is 35.9 Å². The number of hydrogen-bond donors (Lipinski definition) is 3. The average Bonchev–Trinajstić information content (AvgIpc) is 3.33. The first kappa shape index (κ1) is 24.5. The maximum absolute atomic E-state index is 14.6. The van der Waals surface area contributed by atoms with Gasteiger partial charge in [0, 0.05) is 29.9 Å². The molecule has 0 radical (unpaired) electrons. The van der Waals surface area contributed by atoms with E-state index in [-0.39, 0.29) is 17.6 Å². The van der Waals surface area contributed by atoms with Crippen LogP contribution < -0.4 is 24.8 Å². The Kier molecular flexibility index (Phi) is 6.62. The number of rotatable bonds is 3. The monoisotopic (exact) mass is 526 g/mol. The predicted octanol–water partition coefficient (Wildman–Crippen LogP) is 5.71. The lowest BCUT2D eigenvalue weighted by atomic mass is 9.93. The van der Waals surface area contributed by atoms with Gasteiger partial charge in [0.1, 0.15) is 24.7 Å². The number of fused-ring (bicyclic) bond motifs is 6. The van der Waals surface area contributed by atoms with Crippen molar-refractivity contribution in [3.05, 3.63) is 95.7 Å². The SMILES string of the molecule is COc1c(F)cccc1Nc1c2[nH]c3c1C(=O)NCC3C/C=C/COc1ccc(cc1)COc1cnccc1-2. The summed E-state index contributed by atoms with van der Waals surface area (Å²) in [4.78, 5) is 21.1. The van der Waals surface area contributed by atoms with Gasteiger partial charge in [-0.1, -0.05) is 30.4 Å². The molecule has 5 heterocycles. The van der Waals surface area contributed by atoms with E-state index in [4.69, 9.17) is 14.2 Å². The molecular formula is C30H27FN4O4. The van der Waals surface area contributed by atoms with Crippen LogP contribution in [-0.2, 0) is 6.61 Å². The quantitative estimate of drug-likeness (QED) is 0.296. The highest BCUT2D eigenvalue weighted by Crippen LogP contribution is 2.44. The molecule has 0 saturated heterocycles. The zero-order valence-corrected chi connectivity index (χ0v) is 21.3. The third kappa shape index (κ3) is 4.79. The Morgan fingerprint density at radius 3 is 2.82 bits per heavy atom. The number of H-pyrrole nitrogens is 1. The summed E-state index contributed by atoms with van der Waals surface area (Å²) in [5.41, 5.74) is 4.47. The second-order valence-corrected chi connectivity index (χ2v) is 9.34. The summed E-state index contributed by atoms with van der Waals surface area (Å²) >= 11 is 0. The molecule has 39 heavy (non-hydrogen) atoms. The molecule has 0 saturated carbocycles. The Hall–Kier alpha value is -4.79. The summed E-state index contributed by atoms with van der Waals surface area (Å²) in [6.07, 6.45) is 8.03. The highest BCUT2D eigenvalue weighted by Gasteiger charge is 2.33. The normalized spacial score (nSPS) is 17.2. The topological polar surface area (TPSA) is 97.5 Å². The van der Waals surface area contributed by atoms with E-state index < -0.39 is 5.82 Å². The zero-order valence-electron chi connectivity index (χ0n) is 21.3. The summed E-state index contributed by atoms with van der Waals surface area (Å²) < 4.78 is 32.0. The second kappa shape index (κ2) is 10.5. The molecule has 0 aliphatic carbocycles. The summed E-state index contributed by atoms with van der Waals surface area (Å²) in [7, 11) is 1.41. The molecule has 1 amide bonds. The number of ether oxygens (including phenoxy) is 3. The van der Waals surface area contributed by atoms with E-state index in [0.717, 1.165) is 17.0 Å². The van der Waals surface area contributed by atoms with E-state index in [1.807, 2.05) is 36.4 Å². The smallest absolute Gasteiger partial charge is 0.255 e. The summed E-state index contributed by atoms with van der Waals surface area (Å²) in [6.45, 7) is 1.21. The highest BCUT2D eigenvalue weighted by atomic mass is 19.1. The van der Waals surface area contributed by atoms with Crippen LogP contribution in [0.15, 0.2) is 73.1 Å². The summed E-state index contributed by atoms with van der Waals surface area (Å²) in [5.74, 6) is 0.616. The molecule has 1 unspecified atom stereocenters. The number of methoxy groups -OCH3 is 1. The van der Waals surface area contributed by atoms with Crippen LogP contribution in [0.5, 0.6) is 17.2 Å². The minimum absolute atomic E-state index is 0.0154. The molecule has 0 fully saturated rings. The van der Waals surface area contributed by atoms with Crippen LogP contribution in [0.3, 0.4) is 0 Å². The summed E-state index contributed by atoms with van der Waals surface area (Å²) in [5, 5.41) is 6.31. The molecule has 9 heteroatoms. The predicted molar refractivity (Wildman–Crippen MR) is 145 cm³/mol. The van der Waals surface area contributed by atoms with Crippen LogP contribution in [0.4, 0.5) is 15.8 Å². The Balaban J connectivity index is 1.52. The number of nitrogens with one attached hydrogen (secondary N) is 3. The maximum atomic E-state index is 14.6. The number of allylic oxidation sites excluding steroid dienone is 1. The molecule has 7 rings (SSSR count). The minimum atomic E-state index is -0.511. The van der Waals surface area contributed by atoms with Crippen molar-refractivity contribution in [2.45, 2.75) is 18.9 Å². The number of halogens is 1. The van der Waals surface area contributed by atoms with Crippen LogP contribution in [0.25, 0.3) is 11.3 Å². The number of para-hydroxylation sites is 1. The molecule has 8 nitrogen and oxygen atoms in total. The lowest BCUT2D eigenvalue weighted by Gasteiger charge is -2.23. The molecule has 3 N–H and O–H groups in total. The number of aromatic amines is 1. The molecule has 2 aromatic carbocycles. The van der Waals surface area contributed by atoms with Crippen molar-refractivity contribution in [3.8, 4) is 28.5 Å². The van der Waals surface area contributed by atoms with Crippen molar-refractivity contribution >= 4 is 17.3 Å². The van der Waals surface area contributed by atoms with Crippen LogP contribution in [0.1, 0.15) is 34.0 Å². The number of pyridine rings is 1. The largest absolute Gasteiger partial charge is 0.492 e. The number of amides is 1. The first-order valence-electron chi connectivity index (χ1n) is 12.7. The number of benzene rings is 2. The third-order valence-corrected chi connectivity index (χ3v) is 6.91. The molecule has 3 aliphatic heterocycles.